The Morgan fingerprint density at radius 1 is 1.33 bits per heavy atom. The molecular formula is C12H23N3O3. The van der Waals surface area contributed by atoms with Crippen molar-refractivity contribution in [1.82, 2.24) is 15.5 Å². The van der Waals surface area contributed by atoms with Crippen LogP contribution in [0.1, 0.15) is 34.1 Å². The minimum Gasteiger partial charge on any atom is -0.387 e. The standard InChI is InChI=1S/C12H23N3O3/c1-5-12(18)7-15(8-12)6-9(16)13-10(17)14-11(2,3)4/h18H,5-8H2,1-4H3,(H2,13,14,16,17). The van der Waals surface area contributed by atoms with Crippen molar-refractivity contribution in [3.05, 3.63) is 0 Å². The van der Waals surface area contributed by atoms with Gasteiger partial charge in [-0.15, -0.1) is 0 Å². The Morgan fingerprint density at radius 3 is 2.33 bits per heavy atom. The Morgan fingerprint density at radius 2 is 1.89 bits per heavy atom. The topological polar surface area (TPSA) is 81.7 Å². The summed E-state index contributed by atoms with van der Waals surface area (Å²) in [5.41, 5.74) is -1.03. The highest BCUT2D eigenvalue weighted by molar-refractivity contribution is 5.95. The first-order valence-corrected chi connectivity index (χ1v) is 6.20. The molecule has 0 aromatic carbocycles. The Bertz CT molecular complexity index is 330. The summed E-state index contributed by atoms with van der Waals surface area (Å²) in [5.74, 6) is -0.352. The van der Waals surface area contributed by atoms with Gasteiger partial charge in [0.15, 0.2) is 0 Å². The summed E-state index contributed by atoms with van der Waals surface area (Å²) in [6, 6.07) is -0.487. The maximum atomic E-state index is 11.5. The number of aliphatic hydroxyl groups is 1. The van der Waals surface area contributed by atoms with Crippen LogP contribution in [-0.4, -0.2) is 52.7 Å². The molecule has 18 heavy (non-hydrogen) atoms. The van der Waals surface area contributed by atoms with Crippen molar-refractivity contribution < 1.29 is 14.7 Å². The van der Waals surface area contributed by atoms with Gasteiger partial charge in [-0.05, 0) is 27.2 Å². The van der Waals surface area contributed by atoms with E-state index in [1.165, 1.54) is 0 Å². The Kier molecular flexibility index (Phi) is 4.34. The molecule has 0 spiro atoms. The van der Waals surface area contributed by atoms with Crippen molar-refractivity contribution in [3.8, 4) is 0 Å². The predicted molar refractivity (Wildman–Crippen MR) is 68.1 cm³/mol. The van der Waals surface area contributed by atoms with E-state index >= 15 is 0 Å². The third-order valence-electron chi connectivity index (χ3n) is 2.80. The molecular weight excluding hydrogens is 234 g/mol. The van der Waals surface area contributed by atoms with Crippen LogP contribution in [-0.2, 0) is 4.79 Å². The predicted octanol–water partition coefficient (Wildman–Crippen LogP) is 0.0674. The average Bonchev–Trinajstić information content (AvgIpc) is 2.11. The van der Waals surface area contributed by atoms with Gasteiger partial charge in [-0.25, -0.2) is 4.79 Å². The zero-order valence-electron chi connectivity index (χ0n) is 11.5. The third kappa shape index (κ3) is 4.62. The van der Waals surface area contributed by atoms with Crippen molar-refractivity contribution in [2.24, 2.45) is 0 Å². The lowest BCUT2D eigenvalue weighted by Gasteiger charge is -2.45. The van der Waals surface area contributed by atoms with E-state index in [0.29, 0.717) is 19.5 Å². The molecule has 6 nitrogen and oxygen atoms in total. The van der Waals surface area contributed by atoms with Crippen LogP contribution in [0.25, 0.3) is 0 Å². The van der Waals surface area contributed by atoms with E-state index in [1.54, 1.807) is 0 Å². The molecule has 1 rings (SSSR count). The maximum Gasteiger partial charge on any atom is 0.321 e. The molecule has 0 atom stereocenters. The minimum absolute atomic E-state index is 0.139. The van der Waals surface area contributed by atoms with E-state index in [4.69, 9.17) is 0 Å². The van der Waals surface area contributed by atoms with Gasteiger partial charge in [0.25, 0.3) is 0 Å². The number of imide groups is 1. The molecule has 0 unspecified atom stereocenters. The number of urea groups is 1. The van der Waals surface area contributed by atoms with Gasteiger partial charge in [0.1, 0.15) is 0 Å². The fraction of sp³-hybridized carbons (Fsp3) is 0.833. The number of likely N-dealkylation sites (tertiary alicyclic amines) is 1. The first kappa shape index (κ1) is 14.9. The highest BCUT2D eigenvalue weighted by Gasteiger charge is 2.40. The maximum absolute atomic E-state index is 11.5. The van der Waals surface area contributed by atoms with Crippen LogP contribution in [0.2, 0.25) is 0 Å². The van der Waals surface area contributed by atoms with E-state index in [-0.39, 0.29) is 18.0 Å². The zero-order chi connectivity index (χ0) is 14.0. The van der Waals surface area contributed by atoms with Crippen LogP contribution in [0.15, 0.2) is 0 Å². The number of hydrogen-bond donors (Lipinski definition) is 3. The molecule has 1 aliphatic rings. The largest absolute Gasteiger partial charge is 0.387 e. The van der Waals surface area contributed by atoms with Crippen molar-refractivity contribution in [2.75, 3.05) is 19.6 Å². The quantitative estimate of drug-likeness (QED) is 0.668. The number of carbonyl (C=O) groups is 2. The SMILES string of the molecule is CCC1(O)CN(CC(=O)NC(=O)NC(C)(C)C)C1. The minimum atomic E-state index is -0.659. The molecule has 3 amide bonds. The van der Waals surface area contributed by atoms with Crippen LogP contribution < -0.4 is 10.6 Å². The molecule has 1 heterocycles. The molecule has 0 aliphatic carbocycles. The van der Waals surface area contributed by atoms with Crippen LogP contribution in [0.3, 0.4) is 0 Å². The molecule has 6 heteroatoms. The second-order valence-corrected chi connectivity index (χ2v) is 5.98. The molecule has 104 valence electrons. The molecule has 1 saturated heterocycles. The highest BCUT2D eigenvalue weighted by Crippen LogP contribution is 2.23. The second-order valence-electron chi connectivity index (χ2n) is 5.98. The molecule has 0 aromatic heterocycles. The van der Waals surface area contributed by atoms with Crippen molar-refractivity contribution >= 4 is 11.9 Å². The first-order chi connectivity index (χ1) is 8.13. The lowest BCUT2D eigenvalue weighted by molar-refractivity contribution is -0.132. The van der Waals surface area contributed by atoms with Gasteiger partial charge in [0.05, 0.1) is 12.1 Å². The monoisotopic (exact) mass is 257 g/mol. The fourth-order valence-electron chi connectivity index (χ4n) is 1.86. The molecule has 0 aromatic rings. The summed E-state index contributed by atoms with van der Waals surface area (Å²) in [6.45, 7) is 8.54. The summed E-state index contributed by atoms with van der Waals surface area (Å²) < 4.78 is 0. The zero-order valence-corrected chi connectivity index (χ0v) is 11.5. The Labute approximate surface area is 108 Å². The van der Waals surface area contributed by atoms with E-state index in [1.807, 2.05) is 32.6 Å². The lowest BCUT2D eigenvalue weighted by Crippen LogP contribution is -2.63. The van der Waals surface area contributed by atoms with Crippen LogP contribution in [0, 0.1) is 0 Å². The number of amides is 3. The third-order valence-corrected chi connectivity index (χ3v) is 2.80. The molecule has 1 aliphatic heterocycles. The van der Waals surface area contributed by atoms with Gasteiger partial charge in [0, 0.05) is 18.6 Å². The van der Waals surface area contributed by atoms with Gasteiger partial charge in [-0.2, -0.15) is 0 Å². The summed E-state index contributed by atoms with van der Waals surface area (Å²) in [6.07, 6.45) is 0.676. The second kappa shape index (κ2) is 5.24. The van der Waals surface area contributed by atoms with Gasteiger partial charge in [-0.3, -0.25) is 15.0 Å². The molecule has 0 radical (unpaired) electrons. The first-order valence-electron chi connectivity index (χ1n) is 6.20. The number of carbonyl (C=O) groups excluding carboxylic acids is 2. The molecule has 0 bridgehead atoms. The van der Waals surface area contributed by atoms with Crippen molar-refractivity contribution in [3.63, 3.8) is 0 Å². The summed E-state index contributed by atoms with van der Waals surface area (Å²) in [4.78, 5) is 24.8. The molecule has 1 fully saturated rings. The number of nitrogens with zero attached hydrogens (tertiary/aromatic N) is 1. The summed E-state index contributed by atoms with van der Waals surface area (Å²) >= 11 is 0. The van der Waals surface area contributed by atoms with Gasteiger partial charge < -0.3 is 10.4 Å². The van der Waals surface area contributed by atoms with Gasteiger partial charge in [0.2, 0.25) is 5.91 Å². The van der Waals surface area contributed by atoms with E-state index in [2.05, 4.69) is 10.6 Å². The molecule has 0 saturated carbocycles. The van der Waals surface area contributed by atoms with E-state index < -0.39 is 11.6 Å². The highest BCUT2D eigenvalue weighted by atomic mass is 16.3. The van der Waals surface area contributed by atoms with E-state index in [0.717, 1.165) is 0 Å². The summed E-state index contributed by atoms with van der Waals surface area (Å²) in [5, 5.41) is 14.7. The van der Waals surface area contributed by atoms with E-state index in [9.17, 15) is 14.7 Å². The number of β-amino-alcohol motifs (C(OH)–C–C–N with tert-alkyl or cyclic N) is 1. The number of nitrogens with one attached hydrogen (secondary N) is 2. The van der Waals surface area contributed by atoms with Crippen LogP contribution >= 0.6 is 0 Å². The lowest BCUT2D eigenvalue weighted by atomic mass is 9.91. The smallest absolute Gasteiger partial charge is 0.321 e. The van der Waals surface area contributed by atoms with Crippen molar-refractivity contribution in [1.29, 1.82) is 0 Å². The van der Waals surface area contributed by atoms with Gasteiger partial charge in [-0.1, -0.05) is 6.92 Å². The van der Waals surface area contributed by atoms with Gasteiger partial charge >= 0.3 is 6.03 Å². The number of hydrogen-bond acceptors (Lipinski definition) is 4. The Balaban J connectivity index is 2.25. The van der Waals surface area contributed by atoms with Crippen molar-refractivity contribution in [2.45, 2.75) is 45.3 Å². The van der Waals surface area contributed by atoms with Crippen LogP contribution in [0.5, 0.6) is 0 Å². The average molecular weight is 257 g/mol. The number of rotatable bonds is 3. The normalized spacial score (nSPS) is 18.9. The summed E-state index contributed by atoms with van der Waals surface area (Å²) in [7, 11) is 0. The fourth-order valence-corrected chi connectivity index (χ4v) is 1.86. The molecule has 3 N–H and O–H groups in total. The van der Waals surface area contributed by atoms with Crippen LogP contribution in [0.4, 0.5) is 4.79 Å². The Hall–Kier alpha value is -1.14.